The molecule has 0 amide bonds. The molecule has 0 bridgehead atoms. The second-order valence-electron chi connectivity index (χ2n) is 4.36. The molecule has 1 unspecified atom stereocenters. The van der Waals surface area contributed by atoms with Gasteiger partial charge in [-0.05, 0) is 31.9 Å². The number of halogens is 1. The fourth-order valence-electron chi connectivity index (χ4n) is 2.03. The molecule has 3 nitrogen and oxygen atoms in total. The predicted molar refractivity (Wildman–Crippen MR) is 61.3 cm³/mol. The van der Waals surface area contributed by atoms with Gasteiger partial charge in [0, 0.05) is 25.0 Å². The highest BCUT2D eigenvalue weighted by Crippen LogP contribution is 2.26. The van der Waals surface area contributed by atoms with E-state index in [1.54, 1.807) is 6.20 Å². The summed E-state index contributed by atoms with van der Waals surface area (Å²) in [4.78, 5) is 6.10. The molecule has 2 rings (SSSR count). The Morgan fingerprint density at radius 1 is 1.60 bits per heavy atom. The maximum Gasteiger partial charge on any atom is 0.131 e. The number of rotatable bonds is 1. The number of aromatic nitrogens is 1. The van der Waals surface area contributed by atoms with Gasteiger partial charge in [-0.1, -0.05) is 11.6 Å². The van der Waals surface area contributed by atoms with Crippen LogP contribution in [0.25, 0.3) is 0 Å². The molecule has 1 aromatic rings. The summed E-state index contributed by atoms with van der Waals surface area (Å²) >= 11 is 5.83. The number of hydrogen-bond acceptors (Lipinski definition) is 3. The van der Waals surface area contributed by atoms with Crippen LogP contribution in [0.1, 0.15) is 19.8 Å². The van der Waals surface area contributed by atoms with E-state index < -0.39 is 5.60 Å². The van der Waals surface area contributed by atoms with E-state index in [0.29, 0.717) is 11.7 Å². The lowest BCUT2D eigenvalue weighted by molar-refractivity contribution is 0.0449. The molecule has 0 aromatic carbocycles. The summed E-state index contributed by atoms with van der Waals surface area (Å²) in [5.41, 5.74) is 0.448. The number of aliphatic hydroxyl groups is 1. The molecule has 0 spiro atoms. The van der Waals surface area contributed by atoms with E-state index in [4.69, 9.17) is 11.6 Å². The Balaban J connectivity index is 2.17. The lowest BCUT2D eigenvalue weighted by Gasteiger charge is -2.38. The average Bonchev–Trinajstić information content (AvgIpc) is 2.16. The third-order valence-corrected chi connectivity index (χ3v) is 2.96. The van der Waals surface area contributed by atoms with Crippen molar-refractivity contribution < 1.29 is 5.11 Å². The van der Waals surface area contributed by atoms with Crippen molar-refractivity contribution in [2.24, 2.45) is 0 Å². The zero-order valence-corrected chi connectivity index (χ0v) is 9.54. The van der Waals surface area contributed by atoms with Gasteiger partial charge in [-0.15, -0.1) is 0 Å². The number of anilines is 1. The van der Waals surface area contributed by atoms with Crippen molar-refractivity contribution >= 4 is 17.3 Å². The Kier molecular flexibility index (Phi) is 2.85. The van der Waals surface area contributed by atoms with Crippen LogP contribution in [0.3, 0.4) is 0 Å². The highest BCUT2D eigenvalue weighted by molar-refractivity contribution is 6.29. The minimum absolute atomic E-state index is 0.498. The molecule has 82 valence electrons. The van der Waals surface area contributed by atoms with Crippen LogP contribution in [-0.4, -0.2) is 28.8 Å². The molecule has 1 atom stereocenters. The normalized spacial score (nSPS) is 26.7. The van der Waals surface area contributed by atoms with Crippen LogP contribution in [-0.2, 0) is 0 Å². The maximum absolute atomic E-state index is 9.99. The van der Waals surface area contributed by atoms with Crippen molar-refractivity contribution in [3.8, 4) is 0 Å². The van der Waals surface area contributed by atoms with Crippen LogP contribution in [0.15, 0.2) is 18.3 Å². The largest absolute Gasteiger partial charge is 0.388 e. The smallest absolute Gasteiger partial charge is 0.131 e. The molecule has 1 fully saturated rings. The summed E-state index contributed by atoms with van der Waals surface area (Å²) in [6.07, 6.45) is 3.57. The predicted octanol–water partition coefficient (Wildman–Crippen LogP) is 2.09. The molecule has 1 aromatic heterocycles. The van der Waals surface area contributed by atoms with E-state index in [0.717, 1.165) is 25.1 Å². The molecule has 0 saturated carbocycles. The zero-order valence-electron chi connectivity index (χ0n) is 8.78. The fourth-order valence-corrected chi connectivity index (χ4v) is 2.20. The van der Waals surface area contributed by atoms with Crippen LogP contribution in [0.4, 0.5) is 5.69 Å². The van der Waals surface area contributed by atoms with Gasteiger partial charge in [0.15, 0.2) is 0 Å². The zero-order chi connectivity index (χ0) is 10.9. The van der Waals surface area contributed by atoms with Gasteiger partial charge < -0.3 is 10.0 Å². The molecule has 4 heteroatoms. The first-order valence-corrected chi connectivity index (χ1v) is 5.53. The summed E-state index contributed by atoms with van der Waals surface area (Å²) in [6.45, 7) is 3.51. The summed E-state index contributed by atoms with van der Waals surface area (Å²) in [7, 11) is 0. The molecule has 2 heterocycles. The molecular formula is C11H15ClN2O. The maximum atomic E-state index is 9.99. The van der Waals surface area contributed by atoms with Crippen molar-refractivity contribution in [1.29, 1.82) is 0 Å². The molecule has 0 radical (unpaired) electrons. The molecule has 15 heavy (non-hydrogen) atoms. The van der Waals surface area contributed by atoms with Crippen molar-refractivity contribution in [2.45, 2.75) is 25.4 Å². The Bertz CT molecular complexity index is 354. The lowest BCUT2D eigenvalue weighted by Crippen LogP contribution is -2.46. The van der Waals surface area contributed by atoms with Gasteiger partial charge >= 0.3 is 0 Å². The Labute approximate surface area is 94.7 Å². The first kappa shape index (κ1) is 10.7. The Morgan fingerprint density at radius 3 is 3.07 bits per heavy atom. The molecule has 1 N–H and O–H groups in total. The van der Waals surface area contributed by atoms with E-state index in [9.17, 15) is 5.11 Å². The minimum Gasteiger partial charge on any atom is -0.388 e. The van der Waals surface area contributed by atoms with E-state index >= 15 is 0 Å². The highest BCUT2D eigenvalue weighted by Gasteiger charge is 2.28. The van der Waals surface area contributed by atoms with Gasteiger partial charge in [-0.25, -0.2) is 4.98 Å². The molecular weight excluding hydrogens is 212 g/mol. The van der Waals surface area contributed by atoms with E-state index in [-0.39, 0.29) is 0 Å². The highest BCUT2D eigenvalue weighted by atomic mass is 35.5. The molecule has 1 saturated heterocycles. The molecule has 1 aliphatic rings. The number of hydrogen-bond donors (Lipinski definition) is 1. The topological polar surface area (TPSA) is 36.4 Å². The molecule has 1 aliphatic heterocycles. The van der Waals surface area contributed by atoms with E-state index in [1.165, 1.54) is 0 Å². The third kappa shape index (κ3) is 2.61. The first-order chi connectivity index (χ1) is 7.07. The van der Waals surface area contributed by atoms with Gasteiger partial charge in [-0.2, -0.15) is 0 Å². The number of β-amino-alcohol motifs (C(OH)–C–C–N with tert-alkyl or cyclic N) is 1. The Hall–Kier alpha value is -0.800. The first-order valence-electron chi connectivity index (χ1n) is 5.16. The van der Waals surface area contributed by atoms with Crippen LogP contribution >= 0.6 is 11.6 Å². The van der Waals surface area contributed by atoms with Crippen molar-refractivity contribution in [2.75, 3.05) is 18.0 Å². The summed E-state index contributed by atoms with van der Waals surface area (Å²) in [5, 5.41) is 10.5. The van der Waals surface area contributed by atoms with Crippen molar-refractivity contribution in [3.63, 3.8) is 0 Å². The average molecular weight is 227 g/mol. The van der Waals surface area contributed by atoms with Crippen LogP contribution in [0, 0.1) is 0 Å². The third-order valence-electron chi connectivity index (χ3n) is 2.75. The number of pyridine rings is 1. The lowest BCUT2D eigenvalue weighted by atomic mass is 9.95. The second-order valence-corrected chi connectivity index (χ2v) is 4.75. The monoisotopic (exact) mass is 226 g/mol. The van der Waals surface area contributed by atoms with Gasteiger partial charge in [0.05, 0.1) is 5.60 Å². The van der Waals surface area contributed by atoms with E-state index in [2.05, 4.69) is 9.88 Å². The van der Waals surface area contributed by atoms with Gasteiger partial charge in [0.2, 0.25) is 0 Å². The SMILES string of the molecule is CC1(O)CCCN(c2ccnc(Cl)c2)C1. The summed E-state index contributed by atoms with van der Waals surface area (Å²) in [6, 6.07) is 3.76. The van der Waals surface area contributed by atoms with Crippen molar-refractivity contribution in [3.05, 3.63) is 23.5 Å². The minimum atomic E-state index is -0.589. The standard InChI is InChI=1S/C11H15ClN2O/c1-11(15)4-2-6-14(8-11)9-3-5-13-10(12)7-9/h3,5,7,15H,2,4,6,8H2,1H3. The van der Waals surface area contributed by atoms with Gasteiger partial charge in [0.1, 0.15) is 5.15 Å². The van der Waals surface area contributed by atoms with Gasteiger partial charge in [-0.3, -0.25) is 0 Å². The molecule has 0 aliphatic carbocycles. The van der Waals surface area contributed by atoms with Crippen molar-refractivity contribution in [1.82, 2.24) is 4.98 Å². The van der Waals surface area contributed by atoms with Gasteiger partial charge in [0.25, 0.3) is 0 Å². The van der Waals surface area contributed by atoms with E-state index in [1.807, 2.05) is 19.1 Å². The summed E-state index contributed by atoms with van der Waals surface area (Å²) < 4.78 is 0. The number of nitrogens with zero attached hydrogens (tertiary/aromatic N) is 2. The second kappa shape index (κ2) is 3.99. The summed E-state index contributed by atoms with van der Waals surface area (Å²) in [5.74, 6) is 0. The number of piperidine rings is 1. The Morgan fingerprint density at radius 2 is 2.40 bits per heavy atom. The quantitative estimate of drug-likeness (QED) is 0.745. The fraction of sp³-hybridized carbons (Fsp3) is 0.545. The van der Waals surface area contributed by atoms with Crippen LogP contribution in [0.5, 0.6) is 0 Å². The van der Waals surface area contributed by atoms with Crippen LogP contribution in [0.2, 0.25) is 5.15 Å². The van der Waals surface area contributed by atoms with Crippen LogP contribution < -0.4 is 4.90 Å².